The average molecular weight is 402 g/mol. The molecule has 1 aromatic carbocycles. The van der Waals surface area contributed by atoms with Gasteiger partial charge in [-0.15, -0.1) is 0 Å². The van der Waals surface area contributed by atoms with Crippen molar-refractivity contribution in [2.24, 2.45) is 0 Å². The molecule has 1 fully saturated rings. The summed E-state index contributed by atoms with van der Waals surface area (Å²) in [6.45, 7) is 2.54. The third-order valence-corrected chi connectivity index (χ3v) is 5.10. The van der Waals surface area contributed by atoms with E-state index >= 15 is 0 Å². The number of benzene rings is 1. The minimum absolute atomic E-state index is 0.00942. The summed E-state index contributed by atoms with van der Waals surface area (Å²) >= 11 is 0.871. The van der Waals surface area contributed by atoms with Crippen LogP contribution in [-0.4, -0.2) is 41.2 Å². The Balaban J connectivity index is 1.78. The summed E-state index contributed by atoms with van der Waals surface area (Å²) in [6, 6.07) is 7.93. The van der Waals surface area contributed by atoms with Crippen molar-refractivity contribution in [3.05, 3.63) is 56.7 Å². The monoisotopic (exact) mass is 402 g/mol. The Bertz CT molecular complexity index is 965. The number of nitrogens with zero attached hydrogens (tertiary/aromatic N) is 2. The number of aryl methyl sites for hydroxylation is 1. The molecule has 0 N–H and O–H groups in total. The van der Waals surface area contributed by atoms with Gasteiger partial charge in [-0.2, -0.15) is 0 Å². The Morgan fingerprint density at radius 3 is 2.75 bits per heavy atom. The van der Waals surface area contributed by atoms with E-state index in [4.69, 9.17) is 9.15 Å². The first-order chi connectivity index (χ1) is 13.4. The highest BCUT2D eigenvalue weighted by molar-refractivity contribution is 8.18. The van der Waals surface area contributed by atoms with Gasteiger partial charge >= 0.3 is 0 Å². The highest BCUT2D eigenvalue weighted by Crippen LogP contribution is 2.34. The molecule has 146 valence electrons. The fraction of sp³-hybridized carbons (Fsp3) is 0.263. The lowest BCUT2D eigenvalue weighted by Crippen LogP contribution is -2.29. The lowest BCUT2D eigenvalue weighted by molar-refractivity contribution is -0.384. The normalized spacial score (nSPS) is 15.6. The maximum Gasteiger partial charge on any atom is 0.293 e. The van der Waals surface area contributed by atoms with E-state index in [9.17, 15) is 19.7 Å². The van der Waals surface area contributed by atoms with Crippen LogP contribution in [0.25, 0.3) is 17.4 Å². The highest BCUT2D eigenvalue weighted by atomic mass is 32.2. The molecule has 28 heavy (non-hydrogen) atoms. The first-order valence-corrected chi connectivity index (χ1v) is 9.32. The molecule has 1 saturated heterocycles. The van der Waals surface area contributed by atoms with Crippen LogP contribution in [0.1, 0.15) is 17.7 Å². The topological polar surface area (TPSA) is 103 Å². The molecule has 0 spiro atoms. The summed E-state index contributed by atoms with van der Waals surface area (Å²) in [5.74, 6) is 0.601. The van der Waals surface area contributed by atoms with Crippen molar-refractivity contribution in [2.45, 2.75) is 13.3 Å². The van der Waals surface area contributed by atoms with Crippen LogP contribution in [-0.2, 0) is 9.53 Å². The number of ether oxygens (including phenoxy) is 1. The molecule has 2 heterocycles. The number of nitro groups is 1. The largest absolute Gasteiger partial charge is 0.457 e. The number of non-ortho nitro benzene ring substituents is 1. The highest BCUT2D eigenvalue weighted by Gasteiger charge is 2.34. The third kappa shape index (κ3) is 4.15. The van der Waals surface area contributed by atoms with E-state index in [1.165, 1.54) is 23.1 Å². The van der Waals surface area contributed by atoms with Crippen LogP contribution in [0.4, 0.5) is 10.5 Å². The molecule has 1 aromatic heterocycles. The van der Waals surface area contributed by atoms with Crippen LogP contribution < -0.4 is 0 Å². The summed E-state index contributed by atoms with van der Waals surface area (Å²) in [6.07, 6.45) is 2.11. The summed E-state index contributed by atoms with van der Waals surface area (Å²) in [5, 5.41) is 10.6. The molecule has 9 heteroatoms. The number of methoxy groups -OCH3 is 1. The van der Waals surface area contributed by atoms with Gasteiger partial charge in [0.05, 0.1) is 9.83 Å². The SMILES string of the molecule is COCCCN1C(=O)S/C(=C\c2ccc(-c3ccc([N+](=O)[O-])cc3C)o2)C1=O. The first-order valence-electron chi connectivity index (χ1n) is 8.50. The number of amides is 2. The molecule has 3 rings (SSSR count). The van der Waals surface area contributed by atoms with E-state index in [0.717, 1.165) is 17.3 Å². The maximum absolute atomic E-state index is 12.4. The number of hydrogen-bond acceptors (Lipinski definition) is 7. The van der Waals surface area contributed by atoms with Gasteiger partial charge in [0.25, 0.3) is 16.8 Å². The van der Waals surface area contributed by atoms with Gasteiger partial charge < -0.3 is 9.15 Å². The van der Waals surface area contributed by atoms with Gasteiger partial charge in [0.2, 0.25) is 0 Å². The number of nitro benzene ring substituents is 1. The van der Waals surface area contributed by atoms with E-state index in [2.05, 4.69) is 0 Å². The van der Waals surface area contributed by atoms with E-state index in [1.807, 2.05) is 0 Å². The van der Waals surface area contributed by atoms with Crippen LogP contribution in [0, 0.1) is 17.0 Å². The van der Waals surface area contributed by atoms with Crippen LogP contribution in [0.5, 0.6) is 0 Å². The molecule has 1 aliphatic heterocycles. The second-order valence-corrected chi connectivity index (χ2v) is 7.13. The number of imide groups is 1. The smallest absolute Gasteiger partial charge is 0.293 e. The zero-order valence-electron chi connectivity index (χ0n) is 15.3. The van der Waals surface area contributed by atoms with E-state index < -0.39 is 4.92 Å². The van der Waals surface area contributed by atoms with Crippen LogP contribution in [0.3, 0.4) is 0 Å². The number of hydrogen-bond donors (Lipinski definition) is 0. The van der Waals surface area contributed by atoms with Gasteiger partial charge in [0, 0.05) is 44.0 Å². The van der Waals surface area contributed by atoms with Crippen LogP contribution >= 0.6 is 11.8 Å². The van der Waals surface area contributed by atoms with Crippen molar-refractivity contribution < 1.29 is 23.7 Å². The van der Waals surface area contributed by atoms with Gasteiger partial charge in [-0.05, 0) is 48.9 Å². The molecule has 0 saturated carbocycles. The molecule has 0 bridgehead atoms. The molecular formula is C19H18N2O6S. The summed E-state index contributed by atoms with van der Waals surface area (Å²) < 4.78 is 10.7. The van der Waals surface area contributed by atoms with Crippen LogP contribution in [0.2, 0.25) is 0 Å². The van der Waals surface area contributed by atoms with Crippen molar-refractivity contribution in [1.29, 1.82) is 0 Å². The first kappa shape index (κ1) is 19.8. The molecule has 0 atom stereocenters. The predicted octanol–water partition coefficient (Wildman–Crippen LogP) is 4.24. The van der Waals surface area contributed by atoms with Crippen molar-refractivity contribution in [2.75, 3.05) is 20.3 Å². The lowest BCUT2D eigenvalue weighted by Gasteiger charge is -2.11. The number of carbonyl (C=O) groups is 2. The Morgan fingerprint density at radius 2 is 2.07 bits per heavy atom. The molecular weight excluding hydrogens is 384 g/mol. The van der Waals surface area contributed by atoms with Gasteiger partial charge in [-0.25, -0.2) is 0 Å². The van der Waals surface area contributed by atoms with Gasteiger partial charge in [-0.3, -0.25) is 24.6 Å². The predicted molar refractivity (Wildman–Crippen MR) is 105 cm³/mol. The molecule has 0 aliphatic carbocycles. The number of carbonyl (C=O) groups excluding carboxylic acids is 2. The fourth-order valence-corrected chi connectivity index (χ4v) is 3.65. The summed E-state index contributed by atoms with van der Waals surface area (Å²) in [7, 11) is 1.56. The van der Waals surface area contributed by atoms with Gasteiger partial charge in [-0.1, -0.05) is 0 Å². The van der Waals surface area contributed by atoms with Gasteiger partial charge in [0.1, 0.15) is 11.5 Å². The van der Waals surface area contributed by atoms with E-state index in [-0.39, 0.29) is 16.8 Å². The van der Waals surface area contributed by atoms with Crippen molar-refractivity contribution in [3.8, 4) is 11.3 Å². The number of thioether (sulfide) groups is 1. The summed E-state index contributed by atoms with van der Waals surface area (Å²) in [4.78, 5) is 36.4. The zero-order valence-corrected chi connectivity index (χ0v) is 16.2. The van der Waals surface area contributed by atoms with Crippen molar-refractivity contribution in [1.82, 2.24) is 4.90 Å². The molecule has 1 aliphatic rings. The molecule has 0 unspecified atom stereocenters. The van der Waals surface area contributed by atoms with Gasteiger partial charge in [0.15, 0.2) is 0 Å². The molecule has 2 aromatic rings. The Hall–Kier alpha value is -2.91. The third-order valence-electron chi connectivity index (χ3n) is 4.19. The Morgan fingerprint density at radius 1 is 1.29 bits per heavy atom. The van der Waals surface area contributed by atoms with Crippen LogP contribution in [0.15, 0.2) is 39.7 Å². The van der Waals surface area contributed by atoms with E-state index in [1.54, 1.807) is 32.2 Å². The molecule has 8 nitrogen and oxygen atoms in total. The number of furan rings is 1. The molecule has 0 radical (unpaired) electrons. The molecule has 2 amide bonds. The minimum atomic E-state index is -0.451. The average Bonchev–Trinajstić information content (AvgIpc) is 3.21. The summed E-state index contributed by atoms with van der Waals surface area (Å²) in [5.41, 5.74) is 1.43. The quantitative estimate of drug-likeness (QED) is 0.295. The Labute approximate surface area is 165 Å². The maximum atomic E-state index is 12.4. The second kappa shape index (κ2) is 8.41. The Kier molecular flexibility index (Phi) is 5.96. The zero-order chi connectivity index (χ0) is 20.3. The fourth-order valence-electron chi connectivity index (χ4n) is 2.80. The lowest BCUT2D eigenvalue weighted by atomic mass is 10.1. The minimum Gasteiger partial charge on any atom is -0.457 e. The van der Waals surface area contributed by atoms with Crippen molar-refractivity contribution in [3.63, 3.8) is 0 Å². The van der Waals surface area contributed by atoms with E-state index in [0.29, 0.717) is 41.6 Å². The standard InChI is InChI=1S/C19H18N2O6S/c1-12-10-13(21(24)25)4-6-15(12)16-7-5-14(27-16)11-17-18(22)20(19(23)28-17)8-3-9-26-2/h4-7,10-11H,3,8-9H2,1-2H3/b17-11-. The van der Waals surface area contributed by atoms with Crippen molar-refractivity contribution >= 4 is 34.7 Å². The second-order valence-electron chi connectivity index (χ2n) is 6.14. The number of rotatable bonds is 7.